The van der Waals surface area contributed by atoms with Crippen molar-refractivity contribution in [2.75, 3.05) is 37.5 Å². The molecule has 124 valence electrons. The zero-order valence-corrected chi connectivity index (χ0v) is 13.6. The van der Waals surface area contributed by atoms with Crippen LogP contribution < -0.4 is 15.4 Å². The van der Waals surface area contributed by atoms with Gasteiger partial charge in [-0.1, -0.05) is 22.8 Å². The molecule has 0 aliphatic heterocycles. The molecule has 7 nitrogen and oxygen atoms in total. The molecular weight excluding hydrogens is 322 g/mol. The molecule has 0 aliphatic carbocycles. The maximum absolute atomic E-state index is 11.9. The average Bonchev–Trinajstić information content (AvgIpc) is 2.92. The van der Waals surface area contributed by atoms with E-state index >= 15 is 0 Å². The number of aryl methyl sites for hydroxylation is 1. The van der Waals surface area contributed by atoms with Crippen LogP contribution in [0.5, 0.6) is 5.75 Å². The minimum atomic E-state index is -0.274. The van der Waals surface area contributed by atoms with Gasteiger partial charge in [0.25, 0.3) is 0 Å². The summed E-state index contributed by atoms with van der Waals surface area (Å²) in [6.45, 7) is 2.60. The van der Waals surface area contributed by atoms with Crippen molar-refractivity contribution in [2.24, 2.45) is 0 Å². The molecule has 1 aromatic heterocycles. The van der Waals surface area contributed by atoms with Gasteiger partial charge >= 0.3 is 0 Å². The molecule has 0 saturated carbocycles. The van der Waals surface area contributed by atoms with Crippen LogP contribution in [0.4, 0.5) is 11.6 Å². The highest BCUT2D eigenvalue weighted by molar-refractivity contribution is 6.32. The van der Waals surface area contributed by atoms with E-state index in [2.05, 4.69) is 15.8 Å². The first-order chi connectivity index (χ1) is 11.1. The van der Waals surface area contributed by atoms with Gasteiger partial charge in [0.15, 0.2) is 5.75 Å². The number of hydrogen-bond donors (Lipinski definition) is 2. The fourth-order valence-electron chi connectivity index (χ4n) is 1.80. The van der Waals surface area contributed by atoms with Crippen molar-refractivity contribution in [2.45, 2.75) is 6.92 Å². The van der Waals surface area contributed by atoms with Crippen molar-refractivity contribution in [3.8, 4) is 5.75 Å². The van der Waals surface area contributed by atoms with E-state index in [1.807, 2.05) is 0 Å². The first kappa shape index (κ1) is 17.1. The summed E-state index contributed by atoms with van der Waals surface area (Å²) in [4.78, 5) is 11.9. The normalized spacial score (nSPS) is 10.4. The summed E-state index contributed by atoms with van der Waals surface area (Å²) in [7, 11) is 1.59. The van der Waals surface area contributed by atoms with Crippen LogP contribution in [0.1, 0.15) is 5.69 Å². The first-order valence-electron chi connectivity index (χ1n) is 6.97. The number of anilines is 2. The first-order valence-corrected chi connectivity index (χ1v) is 7.35. The van der Waals surface area contributed by atoms with Crippen molar-refractivity contribution in [3.63, 3.8) is 0 Å². The van der Waals surface area contributed by atoms with Crippen molar-refractivity contribution in [3.05, 3.63) is 35.0 Å². The minimum absolute atomic E-state index is 0.0285. The molecule has 2 rings (SSSR count). The number of aromatic nitrogens is 1. The van der Waals surface area contributed by atoms with Crippen LogP contribution >= 0.6 is 11.6 Å². The van der Waals surface area contributed by atoms with E-state index in [1.54, 1.807) is 38.3 Å². The molecule has 0 atom stereocenters. The van der Waals surface area contributed by atoms with Crippen LogP contribution in [0.3, 0.4) is 0 Å². The van der Waals surface area contributed by atoms with Gasteiger partial charge in [0.05, 0.1) is 29.6 Å². The summed E-state index contributed by atoms with van der Waals surface area (Å²) >= 11 is 6.13. The number of carbonyl (C=O) groups excluding carboxylic acids is 1. The van der Waals surface area contributed by atoms with Gasteiger partial charge in [0, 0.05) is 13.2 Å². The van der Waals surface area contributed by atoms with Gasteiger partial charge < -0.3 is 19.3 Å². The summed E-state index contributed by atoms with van der Waals surface area (Å²) in [5.41, 5.74) is 1.31. The van der Waals surface area contributed by atoms with Gasteiger partial charge in [-0.2, -0.15) is 0 Å². The maximum Gasteiger partial charge on any atom is 0.246 e. The van der Waals surface area contributed by atoms with E-state index in [0.717, 1.165) is 0 Å². The Kier molecular flexibility index (Phi) is 6.25. The number of nitrogens with zero attached hydrogens (tertiary/aromatic N) is 1. The highest BCUT2D eigenvalue weighted by Crippen LogP contribution is 2.32. The van der Waals surface area contributed by atoms with Gasteiger partial charge in [0.1, 0.15) is 6.61 Å². The summed E-state index contributed by atoms with van der Waals surface area (Å²) < 4.78 is 15.4. The van der Waals surface area contributed by atoms with Crippen LogP contribution in [0.25, 0.3) is 0 Å². The van der Waals surface area contributed by atoms with Crippen LogP contribution in [0.15, 0.2) is 28.8 Å². The number of rotatable bonds is 8. The molecule has 1 amide bonds. The second-order valence-corrected chi connectivity index (χ2v) is 5.10. The van der Waals surface area contributed by atoms with Gasteiger partial charge in [-0.25, -0.2) is 0 Å². The monoisotopic (exact) mass is 339 g/mol. The molecule has 1 aromatic carbocycles. The summed E-state index contributed by atoms with van der Waals surface area (Å²) in [5, 5.41) is 9.73. The lowest BCUT2D eigenvalue weighted by molar-refractivity contribution is -0.114. The Morgan fingerprint density at radius 3 is 2.91 bits per heavy atom. The number of halogens is 1. The predicted molar refractivity (Wildman–Crippen MR) is 87.2 cm³/mol. The summed E-state index contributed by atoms with van der Waals surface area (Å²) in [6, 6.07) is 6.90. The molecule has 0 saturated heterocycles. The molecule has 0 radical (unpaired) electrons. The molecule has 0 aliphatic rings. The molecule has 0 unspecified atom stereocenters. The van der Waals surface area contributed by atoms with E-state index in [1.165, 1.54) is 0 Å². The van der Waals surface area contributed by atoms with Crippen LogP contribution in [-0.4, -0.2) is 37.9 Å². The Balaban J connectivity index is 1.93. The zero-order chi connectivity index (χ0) is 16.7. The van der Waals surface area contributed by atoms with Crippen LogP contribution in [-0.2, 0) is 9.53 Å². The van der Waals surface area contributed by atoms with Gasteiger partial charge in [-0.15, -0.1) is 0 Å². The average molecular weight is 340 g/mol. The number of methoxy groups -OCH3 is 1. The number of nitrogens with one attached hydrogen (secondary N) is 2. The number of carbonyl (C=O) groups is 1. The van der Waals surface area contributed by atoms with Crippen molar-refractivity contribution in [1.29, 1.82) is 0 Å². The Bertz CT molecular complexity index is 660. The molecule has 8 heteroatoms. The summed E-state index contributed by atoms with van der Waals surface area (Å²) in [6.07, 6.45) is 0. The van der Waals surface area contributed by atoms with Crippen molar-refractivity contribution < 1.29 is 18.8 Å². The number of ether oxygens (including phenoxy) is 2. The Hall–Kier alpha value is -2.25. The highest BCUT2D eigenvalue weighted by atomic mass is 35.5. The molecule has 0 bridgehead atoms. The third-order valence-corrected chi connectivity index (χ3v) is 3.13. The predicted octanol–water partition coefficient (Wildman–Crippen LogP) is 2.71. The SMILES string of the molecule is COCCOc1c(Cl)cccc1NCC(=O)Nc1cc(C)no1. The molecular formula is C15H18ClN3O4. The molecule has 0 fully saturated rings. The lowest BCUT2D eigenvalue weighted by atomic mass is 10.3. The van der Waals surface area contributed by atoms with E-state index < -0.39 is 0 Å². The molecule has 23 heavy (non-hydrogen) atoms. The second-order valence-electron chi connectivity index (χ2n) is 4.69. The molecule has 0 spiro atoms. The topological polar surface area (TPSA) is 85.6 Å². The van der Waals surface area contributed by atoms with Crippen molar-refractivity contribution in [1.82, 2.24) is 5.16 Å². The third kappa shape index (κ3) is 5.15. The van der Waals surface area contributed by atoms with Crippen LogP contribution in [0, 0.1) is 6.92 Å². The van der Waals surface area contributed by atoms with E-state index in [4.69, 9.17) is 25.6 Å². The Morgan fingerprint density at radius 2 is 2.22 bits per heavy atom. The van der Waals surface area contributed by atoms with Crippen LogP contribution in [0.2, 0.25) is 5.02 Å². The minimum Gasteiger partial charge on any atom is -0.487 e. The fraction of sp³-hybridized carbons (Fsp3) is 0.333. The van der Waals surface area contributed by atoms with Gasteiger partial charge in [-0.05, 0) is 19.1 Å². The fourth-order valence-corrected chi connectivity index (χ4v) is 2.03. The third-order valence-electron chi connectivity index (χ3n) is 2.83. The lowest BCUT2D eigenvalue weighted by Crippen LogP contribution is -2.22. The maximum atomic E-state index is 11.9. The number of benzene rings is 1. The van der Waals surface area contributed by atoms with Crippen molar-refractivity contribution >= 4 is 29.1 Å². The number of para-hydroxylation sites is 1. The van der Waals surface area contributed by atoms with E-state index in [9.17, 15) is 4.79 Å². The Labute approximate surface area is 138 Å². The molecule has 2 aromatic rings. The lowest BCUT2D eigenvalue weighted by Gasteiger charge is -2.14. The standard InChI is InChI=1S/C15H18ClN3O4/c1-10-8-14(23-19-10)18-13(20)9-17-12-5-3-4-11(16)15(12)22-7-6-21-2/h3-5,8,17H,6-7,9H2,1-2H3,(H,18,20). The molecule has 1 heterocycles. The highest BCUT2D eigenvalue weighted by Gasteiger charge is 2.11. The van der Waals surface area contributed by atoms with E-state index in [0.29, 0.717) is 41.3 Å². The zero-order valence-electron chi connectivity index (χ0n) is 12.9. The largest absolute Gasteiger partial charge is 0.487 e. The second kappa shape index (κ2) is 8.40. The summed E-state index contributed by atoms with van der Waals surface area (Å²) in [5.74, 6) is 0.510. The quantitative estimate of drug-likeness (QED) is 0.719. The van der Waals surface area contributed by atoms with Gasteiger partial charge in [0.2, 0.25) is 11.8 Å². The van der Waals surface area contributed by atoms with E-state index in [-0.39, 0.29) is 12.5 Å². The number of amides is 1. The molecule has 2 N–H and O–H groups in total. The smallest absolute Gasteiger partial charge is 0.246 e. The number of hydrogen-bond acceptors (Lipinski definition) is 6. The van der Waals surface area contributed by atoms with Gasteiger partial charge in [-0.3, -0.25) is 10.1 Å². The Morgan fingerprint density at radius 1 is 1.39 bits per heavy atom.